The molecule has 0 aliphatic heterocycles. The number of nitrogens with zero attached hydrogens (tertiary/aromatic N) is 1. The molecule has 0 fully saturated rings. The van der Waals surface area contributed by atoms with Crippen molar-refractivity contribution >= 4 is 10.0 Å². The lowest BCUT2D eigenvalue weighted by Gasteiger charge is -2.10. The van der Waals surface area contributed by atoms with Gasteiger partial charge in [0.2, 0.25) is 10.0 Å². The zero-order chi connectivity index (χ0) is 11.5. The molecule has 0 aliphatic rings. The first kappa shape index (κ1) is 11.7. The molecule has 7 heteroatoms. The van der Waals surface area contributed by atoms with Crippen LogP contribution in [0.25, 0.3) is 0 Å². The summed E-state index contributed by atoms with van der Waals surface area (Å²) in [6.45, 7) is 0. The van der Waals surface area contributed by atoms with Gasteiger partial charge in [-0.2, -0.15) is 0 Å². The van der Waals surface area contributed by atoms with Crippen LogP contribution in [0.4, 0.5) is 0 Å². The molecule has 0 saturated carbocycles. The molecule has 0 aliphatic carbocycles. The second-order valence-electron chi connectivity index (χ2n) is 2.83. The molecule has 0 aromatic carbocycles. The summed E-state index contributed by atoms with van der Waals surface area (Å²) in [5.74, 6) is 0.328. The number of methoxy groups -OCH3 is 2. The summed E-state index contributed by atoms with van der Waals surface area (Å²) in [5, 5.41) is 4.96. The smallest absolute Gasteiger partial charge is 0.213 e. The van der Waals surface area contributed by atoms with Gasteiger partial charge in [0.25, 0.3) is 0 Å². The number of hydrogen-bond acceptors (Lipinski definition) is 5. The van der Waals surface area contributed by atoms with Crippen LogP contribution in [0, 0.1) is 0 Å². The number of aromatic nitrogens is 1. The van der Waals surface area contributed by atoms with Gasteiger partial charge in [0.1, 0.15) is 11.5 Å². The van der Waals surface area contributed by atoms with Crippen LogP contribution in [-0.4, -0.2) is 27.6 Å². The Hall–Kier alpha value is -1.34. The average molecular weight is 232 g/mol. The van der Waals surface area contributed by atoms with Crippen molar-refractivity contribution in [1.82, 2.24) is 4.98 Å². The Morgan fingerprint density at radius 2 is 1.73 bits per heavy atom. The molecule has 84 valence electrons. The molecule has 15 heavy (non-hydrogen) atoms. The molecular formula is C8H12N2O4S. The molecule has 1 heterocycles. The van der Waals surface area contributed by atoms with Crippen molar-refractivity contribution in [2.24, 2.45) is 5.14 Å². The Labute approximate surface area is 88.1 Å². The monoisotopic (exact) mass is 232 g/mol. The van der Waals surface area contributed by atoms with E-state index in [2.05, 4.69) is 4.98 Å². The minimum Gasteiger partial charge on any atom is -0.495 e. The maximum atomic E-state index is 11.0. The molecule has 2 N–H and O–H groups in total. The Balaban J connectivity index is 3.22. The van der Waals surface area contributed by atoms with Crippen LogP contribution < -0.4 is 14.6 Å². The second kappa shape index (κ2) is 4.45. The molecule has 0 amide bonds. The molecular weight excluding hydrogens is 220 g/mol. The Bertz CT molecular complexity index is 422. The third kappa shape index (κ3) is 3.07. The van der Waals surface area contributed by atoms with Crippen LogP contribution >= 0.6 is 0 Å². The van der Waals surface area contributed by atoms with Crippen molar-refractivity contribution in [1.29, 1.82) is 0 Å². The Kier molecular flexibility index (Phi) is 3.48. The van der Waals surface area contributed by atoms with E-state index in [0.29, 0.717) is 17.1 Å². The van der Waals surface area contributed by atoms with Crippen molar-refractivity contribution in [3.63, 3.8) is 0 Å². The zero-order valence-electron chi connectivity index (χ0n) is 8.43. The fraction of sp³-hybridized carbons (Fsp3) is 0.375. The summed E-state index contributed by atoms with van der Waals surface area (Å²) in [6.07, 6.45) is 2.81. The van der Waals surface area contributed by atoms with Crippen LogP contribution in [0.5, 0.6) is 11.5 Å². The van der Waals surface area contributed by atoms with Crippen LogP contribution in [0.3, 0.4) is 0 Å². The molecule has 0 bridgehead atoms. The maximum absolute atomic E-state index is 11.0. The maximum Gasteiger partial charge on any atom is 0.213 e. The van der Waals surface area contributed by atoms with Crippen LogP contribution in [-0.2, 0) is 15.8 Å². The molecule has 0 radical (unpaired) electrons. The van der Waals surface area contributed by atoms with Crippen LogP contribution in [0.15, 0.2) is 12.4 Å². The highest BCUT2D eigenvalue weighted by Crippen LogP contribution is 2.27. The van der Waals surface area contributed by atoms with Crippen molar-refractivity contribution in [2.45, 2.75) is 5.75 Å². The summed E-state index contributed by atoms with van der Waals surface area (Å²) < 4.78 is 31.9. The van der Waals surface area contributed by atoms with Gasteiger partial charge in [-0.25, -0.2) is 13.6 Å². The summed E-state index contributed by atoms with van der Waals surface area (Å²) >= 11 is 0. The quantitative estimate of drug-likeness (QED) is 0.781. The van der Waals surface area contributed by atoms with Crippen molar-refractivity contribution in [3.8, 4) is 11.5 Å². The average Bonchev–Trinajstić information content (AvgIpc) is 2.16. The van der Waals surface area contributed by atoms with E-state index in [9.17, 15) is 8.42 Å². The number of sulfonamides is 1. The van der Waals surface area contributed by atoms with Crippen molar-refractivity contribution in [3.05, 3.63) is 18.0 Å². The minimum atomic E-state index is -3.63. The lowest BCUT2D eigenvalue weighted by molar-refractivity contribution is 0.384. The predicted octanol–water partition coefficient (Wildman–Crippen LogP) is -0.113. The van der Waals surface area contributed by atoms with E-state index >= 15 is 0 Å². The molecule has 0 spiro atoms. The van der Waals surface area contributed by atoms with E-state index in [-0.39, 0.29) is 5.75 Å². The largest absolute Gasteiger partial charge is 0.495 e. The topological polar surface area (TPSA) is 91.5 Å². The highest BCUT2D eigenvalue weighted by molar-refractivity contribution is 7.88. The molecule has 6 nitrogen and oxygen atoms in total. The standard InChI is InChI=1S/C8H12N2O4S/c1-13-7-3-10-4-8(14-2)6(7)5-15(9,11)12/h3-4H,5H2,1-2H3,(H2,9,11,12). The predicted molar refractivity (Wildman–Crippen MR) is 54.2 cm³/mol. The molecule has 0 atom stereocenters. The highest BCUT2D eigenvalue weighted by atomic mass is 32.2. The van der Waals surface area contributed by atoms with Gasteiger partial charge >= 0.3 is 0 Å². The van der Waals surface area contributed by atoms with Crippen LogP contribution in [0.2, 0.25) is 0 Å². The van der Waals surface area contributed by atoms with Crippen molar-refractivity contribution in [2.75, 3.05) is 14.2 Å². The van der Waals surface area contributed by atoms with Gasteiger partial charge in [-0.1, -0.05) is 0 Å². The SMILES string of the molecule is COc1cncc(OC)c1CS(N)(=O)=O. The minimum absolute atomic E-state index is 0.336. The summed E-state index contributed by atoms with van der Waals surface area (Å²) in [5.41, 5.74) is 0.373. The normalized spacial score (nSPS) is 11.1. The first-order valence-corrected chi connectivity index (χ1v) is 5.75. The third-order valence-electron chi connectivity index (χ3n) is 1.76. The third-order valence-corrected chi connectivity index (χ3v) is 2.45. The first-order valence-electron chi connectivity index (χ1n) is 4.03. The molecule has 1 aromatic rings. The fourth-order valence-electron chi connectivity index (χ4n) is 1.15. The van der Waals surface area contributed by atoms with E-state index in [1.165, 1.54) is 26.6 Å². The zero-order valence-corrected chi connectivity index (χ0v) is 9.24. The molecule has 0 saturated heterocycles. The van der Waals surface area contributed by atoms with Crippen LogP contribution in [0.1, 0.15) is 5.56 Å². The number of pyridine rings is 1. The Morgan fingerprint density at radius 1 is 1.27 bits per heavy atom. The number of rotatable bonds is 4. The lowest BCUT2D eigenvalue weighted by Crippen LogP contribution is -2.15. The fourth-order valence-corrected chi connectivity index (χ4v) is 1.83. The van der Waals surface area contributed by atoms with Gasteiger partial charge in [-0.3, -0.25) is 4.98 Å². The van der Waals surface area contributed by atoms with E-state index in [4.69, 9.17) is 14.6 Å². The molecule has 0 unspecified atom stereocenters. The summed E-state index contributed by atoms with van der Waals surface area (Å²) in [4.78, 5) is 3.83. The van der Waals surface area contributed by atoms with Gasteiger partial charge in [0.05, 0.1) is 37.9 Å². The van der Waals surface area contributed by atoms with Gasteiger partial charge in [0.15, 0.2) is 0 Å². The summed E-state index contributed by atoms with van der Waals surface area (Å²) in [6, 6.07) is 0. The number of hydrogen-bond donors (Lipinski definition) is 1. The number of nitrogens with two attached hydrogens (primary N) is 1. The van der Waals surface area contributed by atoms with Gasteiger partial charge < -0.3 is 9.47 Å². The molecule has 1 rings (SSSR count). The van der Waals surface area contributed by atoms with Crippen molar-refractivity contribution < 1.29 is 17.9 Å². The Morgan fingerprint density at radius 3 is 2.07 bits per heavy atom. The first-order chi connectivity index (χ1) is 6.98. The highest BCUT2D eigenvalue weighted by Gasteiger charge is 2.16. The number of primary sulfonamides is 1. The van der Waals surface area contributed by atoms with Gasteiger partial charge in [-0.05, 0) is 0 Å². The number of ether oxygens (including phenoxy) is 2. The van der Waals surface area contributed by atoms with E-state index in [0.717, 1.165) is 0 Å². The van der Waals surface area contributed by atoms with Gasteiger partial charge in [0, 0.05) is 0 Å². The van der Waals surface area contributed by atoms with Gasteiger partial charge in [-0.15, -0.1) is 0 Å². The summed E-state index contributed by atoms with van der Waals surface area (Å²) in [7, 11) is -0.791. The second-order valence-corrected chi connectivity index (χ2v) is 4.44. The van der Waals surface area contributed by atoms with E-state index < -0.39 is 10.0 Å². The molecule has 1 aromatic heterocycles. The lowest BCUT2D eigenvalue weighted by atomic mass is 10.2. The van der Waals surface area contributed by atoms with E-state index in [1.54, 1.807) is 0 Å². The van der Waals surface area contributed by atoms with E-state index in [1.807, 2.05) is 0 Å².